The number of pyridine rings is 1. The Balaban J connectivity index is 1.33. The van der Waals surface area contributed by atoms with E-state index in [-0.39, 0.29) is 23.8 Å². The molecule has 7 heteroatoms. The van der Waals surface area contributed by atoms with Crippen molar-refractivity contribution < 1.29 is 9.59 Å². The number of rotatable bonds is 6. The van der Waals surface area contributed by atoms with E-state index >= 15 is 0 Å². The number of carbonyl (C=O) groups is 2. The van der Waals surface area contributed by atoms with E-state index in [1.807, 2.05) is 53.1 Å². The average molecular weight is 391 g/mol. The van der Waals surface area contributed by atoms with Crippen molar-refractivity contribution in [3.8, 4) is 0 Å². The molecule has 2 aromatic heterocycles. The smallest absolute Gasteiger partial charge is 0.240 e. The molecule has 1 aromatic carbocycles. The Morgan fingerprint density at radius 3 is 2.79 bits per heavy atom. The number of nitrogens with zero attached hydrogens (tertiary/aromatic N) is 4. The molecule has 1 aliphatic rings. The maximum atomic E-state index is 12.6. The van der Waals surface area contributed by atoms with Crippen molar-refractivity contribution >= 4 is 23.1 Å². The molecule has 1 N–H and O–H groups in total. The summed E-state index contributed by atoms with van der Waals surface area (Å²) in [5.74, 6) is 0.704. The highest BCUT2D eigenvalue weighted by Crippen LogP contribution is 2.39. The molecule has 0 unspecified atom stereocenters. The van der Waals surface area contributed by atoms with Crippen LogP contribution < -0.4 is 10.2 Å². The van der Waals surface area contributed by atoms with Gasteiger partial charge < -0.3 is 10.2 Å². The molecule has 3 heterocycles. The van der Waals surface area contributed by atoms with Crippen LogP contribution in [0.3, 0.4) is 0 Å². The van der Waals surface area contributed by atoms with E-state index in [0.29, 0.717) is 19.4 Å². The number of para-hydroxylation sites is 1. The second kappa shape index (κ2) is 7.66. The van der Waals surface area contributed by atoms with Gasteiger partial charge in [-0.1, -0.05) is 38.1 Å². The van der Waals surface area contributed by atoms with Crippen molar-refractivity contribution in [3.05, 3.63) is 60.0 Å². The van der Waals surface area contributed by atoms with Gasteiger partial charge in [0.25, 0.3) is 0 Å². The van der Waals surface area contributed by atoms with Crippen LogP contribution >= 0.6 is 0 Å². The number of carbonyl (C=O) groups excluding carboxylic acids is 2. The lowest BCUT2D eigenvalue weighted by Gasteiger charge is -2.38. The summed E-state index contributed by atoms with van der Waals surface area (Å²) in [6, 6.07) is 13.6. The normalized spacial score (nSPS) is 15.4. The van der Waals surface area contributed by atoms with Crippen LogP contribution in [0, 0.1) is 0 Å². The Hall–Kier alpha value is -3.22. The Labute approximate surface area is 169 Å². The lowest BCUT2D eigenvalue weighted by Crippen LogP contribution is -2.46. The van der Waals surface area contributed by atoms with Gasteiger partial charge in [0.05, 0.1) is 0 Å². The van der Waals surface area contributed by atoms with Crippen LogP contribution in [-0.4, -0.2) is 39.5 Å². The van der Waals surface area contributed by atoms with Crippen LogP contribution in [0.25, 0.3) is 5.65 Å². The topological polar surface area (TPSA) is 79.6 Å². The van der Waals surface area contributed by atoms with Gasteiger partial charge in [-0.2, -0.15) is 0 Å². The van der Waals surface area contributed by atoms with E-state index in [0.717, 1.165) is 29.1 Å². The summed E-state index contributed by atoms with van der Waals surface area (Å²) in [4.78, 5) is 26.7. The molecular formula is C22H25N5O2. The zero-order chi connectivity index (χ0) is 20.4. The number of nitrogens with one attached hydrogen (secondary N) is 1. The molecule has 3 aromatic rings. The summed E-state index contributed by atoms with van der Waals surface area (Å²) in [5.41, 5.74) is 2.53. The Morgan fingerprint density at radius 1 is 1.14 bits per heavy atom. The van der Waals surface area contributed by atoms with Crippen molar-refractivity contribution in [1.29, 1.82) is 0 Å². The van der Waals surface area contributed by atoms with Crippen LogP contribution in [0.1, 0.15) is 38.1 Å². The minimum absolute atomic E-state index is 0.0150. The molecule has 4 rings (SSSR count). The highest BCUT2D eigenvalue weighted by molar-refractivity contribution is 6.02. The molecule has 0 atom stereocenters. The fourth-order valence-corrected chi connectivity index (χ4v) is 3.89. The monoisotopic (exact) mass is 391 g/mol. The van der Waals surface area contributed by atoms with Gasteiger partial charge in [0.1, 0.15) is 12.4 Å². The fraction of sp³-hybridized carbons (Fsp3) is 0.364. The van der Waals surface area contributed by atoms with Gasteiger partial charge >= 0.3 is 0 Å². The zero-order valence-electron chi connectivity index (χ0n) is 16.8. The Bertz CT molecular complexity index is 1060. The fourth-order valence-electron chi connectivity index (χ4n) is 3.89. The van der Waals surface area contributed by atoms with Crippen LogP contribution in [0.15, 0.2) is 48.7 Å². The van der Waals surface area contributed by atoms with Crippen molar-refractivity contribution in [2.75, 3.05) is 18.0 Å². The predicted molar refractivity (Wildman–Crippen MR) is 111 cm³/mol. The van der Waals surface area contributed by atoms with Crippen molar-refractivity contribution in [1.82, 2.24) is 19.9 Å². The standard InChI is InChI=1S/C22H25N5O2/c1-22(2)14-21(29)27(17-9-4-3-8-16(17)22)15-20(28)23-12-7-11-19-25-24-18-10-5-6-13-26(18)19/h3-6,8-10,13H,7,11-12,14-15H2,1-2H3,(H,23,28). The minimum Gasteiger partial charge on any atom is -0.355 e. The Morgan fingerprint density at radius 2 is 1.93 bits per heavy atom. The van der Waals surface area contributed by atoms with Gasteiger partial charge in [0.15, 0.2) is 5.65 Å². The van der Waals surface area contributed by atoms with Gasteiger partial charge in [0, 0.05) is 36.7 Å². The molecule has 0 aliphatic carbocycles. The van der Waals surface area contributed by atoms with Gasteiger partial charge in [-0.05, 0) is 30.2 Å². The first-order valence-electron chi connectivity index (χ1n) is 9.91. The first-order valence-corrected chi connectivity index (χ1v) is 9.91. The molecule has 0 radical (unpaired) electrons. The summed E-state index contributed by atoms with van der Waals surface area (Å²) in [6.45, 7) is 4.69. The van der Waals surface area contributed by atoms with Crippen LogP contribution in [-0.2, 0) is 21.4 Å². The number of benzene rings is 1. The molecule has 0 spiro atoms. The van der Waals surface area contributed by atoms with Gasteiger partial charge in [-0.15, -0.1) is 10.2 Å². The third-order valence-corrected chi connectivity index (χ3v) is 5.40. The van der Waals surface area contributed by atoms with Gasteiger partial charge in [0.2, 0.25) is 11.8 Å². The number of amides is 2. The van der Waals surface area contributed by atoms with E-state index in [9.17, 15) is 9.59 Å². The Kier molecular flexibility index (Phi) is 5.05. The molecule has 1 aliphatic heterocycles. The molecule has 0 bridgehead atoms. The number of anilines is 1. The summed E-state index contributed by atoms with van der Waals surface area (Å²) in [7, 11) is 0. The number of hydrogen-bond acceptors (Lipinski definition) is 4. The van der Waals surface area contributed by atoms with Crippen molar-refractivity contribution in [2.45, 2.75) is 38.5 Å². The second-order valence-electron chi connectivity index (χ2n) is 8.06. The number of hydrogen-bond donors (Lipinski definition) is 1. The highest BCUT2D eigenvalue weighted by atomic mass is 16.2. The first-order chi connectivity index (χ1) is 14.0. The maximum absolute atomic E-state index is 12.6. The lowest BCUT2D eigenvalue weighted by atomic mass is 9.77. The molecule has 29 heavy (non-hydrogen) atoms. The van der Waals surface area contributed by atoms with Crippen LogP contribution in [0.2, 0.25) is 0 Å². The van der Waals surface area contributed by atoms with Gasteiger partial charge in [-0.3, -0.25) is 14.0 Å². The quantitative estimate of drug-likeness (QED) is 0.655. The predicted octanol–water partition coefficient (Wildman–Crippen LogP) is 2.49. The summed E-state index contributed by atoms with van der Waals surface area (Å²) >= 11 is 0. The maximum Gasteiger partial charge on any atom is 0.240 e. The SMILES string of the molecule is CC1(C)CC(=O)N(CC(=O)NCCCc2nnc3ccccn23)c2ccccc21. The minimum atomic E-state index is -0.221. The molecule has 0 fully saturated rings. The van der Waals surface area contributed by atoms with E-state index in [4.69, 9.17) is 0 Å². The number of aromatic nitrogens is 3. The third kappa shape index (κ3) is 3.85. The largest absolute Gasteiger partial charge is 0.355 e. The highest BCUT2D eigenvalue weighted by Gasteiger charge is 2.36. The third-order valence-electron chi connectivity index (χ3n) is 5.40. The number of aryl methyl sites for hydroxylation is 1. The first kappa shape index (κ1) is 19.1. The van der Waals surface area contributed by atoms with Crippen molar-refractivity contribution in [2.24, 2.45) is 0 Å². The zero-order valence-corrected chi connectivity index (χ0v) is 16.8. The molecule has 0 saturated heterocycles. The summed E-state index contributed by atoms with van der Waals surface area (Å²) in [5, 5.41) is 11.3. The number of fused-ring (bicyclic) bond motifs is 2. The molecule has 7 nitrogen and oxygen atoms in total. The van der Waals surface area contributed by atoms with Gasteiger partial charge in [-0.25, -0.2) is 0 Å². The van der Waals surface area contributed by atoms with E-state index in [1.54, 1.807) is 4.90 Å². The molecular weight excluding hydrogens is 366 g/mol. The lowest BCUT2D eigenvalue weighted by molar-refractivity contribution is -0.124. The molecule has 2 amide bonds. The average Bonchev–Trinajstić information content (AvgIpc) is 3.11. The summed E-state index contributed by atoms with van der Waals surface area (Å²) < 4.78 is 1.95. The van der Waals surface area contributed by atoms with Crippen LogP contribution in [0.5, 0.6) is 0 Å². The van der Waals surface area contributed by atoms with E-state index < -0.39 is 0 Å². The van der Waals surface area contributed by atoms with E-state index in [1.165, 1.54) is 0 Å². The molecule has 150 valence electrons. The van der Waals surface area contributed by atoms with E-state index in [2.05, 4.69) is 29.4 Å². The second-order valence-corrected chi connectivity index (χ2v) is 8.06. The van der Waals surface area contributed by atoms with Crippen molar-refractivity contribution in [3.63, 3.8) is 0 Å². The molecule has 0 saturated carbocycles. The summed E-state index contributed by atoms with van der Waals surface area (Å²) in [6.07, 6.45) is 3.80. The van der Waals surface area contributed by atoms with Crippen LogP contribution in [0.4, 0.5) is 5.69 Å².